The molecule has 3 unspecified atom stereocenters. The molecule has 0 aliphatic carbocycles. The van der Waals surface area contributed by atoms with Gasteiger partial charge in [0, 0.05) is 49.2 Å². The van der Waals surface area contributed by atoms with Crippen molar-refractivity contribution in [3.05, 3.63) is 53.1 Å². The third-order valence-corrected chi connectivity index (χ3v) is 5.72. The summed E-state index contributed by atoms with van der Waals surface area (Å²) in [6.45, 7) is 2.32. The van der Waals surface area contributed by atoms with Crippen molar-refractivity contribution in [2.75, 3.05) is 19.6 Å². The lowest BCUT2D eigenvalue weighted by atomic mass is 10.0. The minimum atomic E-state index is -1.68. The van der Waals surface area contributed by atoms with Gasteiger partial charge in [-0.15, -0.1) is 0 Å². The monoisotopic (exact) mass is 530 g/mol. The summed E-state index contributed by atoms with van der Waals surface area (Å²) < 4.78 is 18.8. The summed E-state index contributed by atoms with van der Waals surface area (Å²) in [6.07, 6.45) is 4.23. The van der Waals surface area contributed by atoms with E-state index < -0.39 is 30.1 Å². The summed E-state index contributed by atoms with van der Waals surface area (Å²) in [6, 6.07) is 4.62. The van der Waals surface area contributed by atoms with Gasteiger partial charge in [-0.3, -0.25) is 20.0 Å². The third kappa shape index (κ3) is 7.53. The van der Waals surface area contributed by atoms with Gasteiger partial charge in [0.05, 0.1) is 5.71 Å². The zero-order valence-electron chi connectivity index (χ0n) is 20.2. The molecule has 1 saturated heterocycles. The van der Waals surface area contributed by atoms with Crippen molar-refractivity contribution in [3.8, 4) is 5.75 Å². The Bertz CT molecular complexity index is 1170. The maximum Gasteiger partial charge on any atom is 0.244 e. The van der Waals surface area contributed by atoms with E-state index in [1.807, 2.05) is 0 Å². The van der Waals surface area contributed by atoms with Crippen molar-refractivity contribution in [1.82, 2.24) is 20.2 Å². The number of likely N-dealkylation sites (tertiary alicyclic amines) is 1. The van der Waals surface area contributed by atoms with Crippen molar-refractivity contribution in [2.24, 2.45) is 10.7 Å². The fourth-order valence-corrected chi connectivity index (χ4v) is 3.91. The predicted molar refractivity (Wildman–Crippen MR) is 137 cm³/mol. The van der Waals surface area contributed by atoms with Crippen LogP contribution < -0.4 is 15.8 Å². The van der Waals surface area contributed by atoms with E-state index in [2.05, 4.69) is 20.3 Å². The van der Waals surface area contributed by atoms with Crippen LogP contribution in [0.2, 0.25) is 5.02 Å². The molecule has 3 rings (SSSR count). The van der Waals surface area contributed by atoms with E-state index >= 15 is 0 Å². The van der Waals surface area contributed by atoms with Crippen molar-refractivity contribution in [1.29, 1.82) is 10.8 Å². The van der Waals surface area contributed by atoms with E-state index in [0.29, 0.717) is 13.1 Å². The van der Waals surface area contributed by atoms with Gasteiger partial charge in [-0.2, -0.15) is 0 Å². The first kappa shape index (κ1) is 27.7. The van der Waals surface area contributed by atoms with E-state index in [4.69, 9.17) is 32.9 Å². The highest BCUT2D eigenvalue weighted by Crippen LogP contribution is 2.26. The third-order valence-electron chi connectivity index (χ3n) is 5.49. The number of rotatable bonds is 11. The average molecular weight is 531 g/mol. The Hall–Kier alpha value is -3.93. The first-order valence-electron chi connectivity index (χ1n) is 11.6. The highest BCUT2D eigenvalue weighted by atomic mass is 35.5. The van der Waals surface area contributed by atoms with E-state index in [0.717, 1.165) is 12.8 Å². The number of alkyl halides is 1. The fourth-order valence-electron chi connectivity index (χ4n) is 3.74. The van der Waals surface area contributed by atoms with Crippen LogP contribution in [-0.2, 0) is 9.59 Å². The van der Waals surface area contributed by atoms with E-state index in [-0.39, 0.29) is 40.3 Å². The van der Waals surface area contributed by atoms with Gasteiger partial charge >= 0.3 is 0 Å². The van der Waals surface area contributed by atoms with Crippen LogP contribution in [0.15, 0.2) is 41.7 Å². The number of nitrogens with zero attached hydrogens (tertiary/aromatic N) is 4. The minimum absolute atomic E-state index is 0.00281. The molecule has 0 radical (unpaired) electrons. The summed E-state index contributed by atoms with van der Waals surface area (Å²) in [5, 5.41) is 19.5. The Balaban J connectivity index is 1.91. The van der Waals surface area contributed by atoms with Gasteiger partial charge in [0.2, 0.25) is 18.2 Å². The average Bonchev–Trinajstić information content (AvgIpc) is 3.39. The number of nitrogens with one attached hydrogen (secondary N) is 3. The molecule has 0 spiro atoms. The lowest BCUT2D eigenvalue weighted by Gasteiger charge is -2.22. The number of aromatic nitrogens is 2. The molecule has 2 heterocycles. The summed E-state index contributed by atoms with van der Waals surface area (Å²) in [4.78, 5) is 39.5. The number of benzene rings is 1. The zero-order valence-corrected chi connectivity index (χ0v) is 20.9. The summed E-state index contributed by atoms with van der Waals surface area (Å²) in [5.74, 6) is -2.77. The Morgan fingerprint density at radius 2 is 1.97 bits per heavy atom. The molecule has 1 aromatic carbocycles. The molecule has 2 aromatic rings. The number of halogens is 2. The molecule has 1 fully saturated rings. The topological polar surface area (TPSA) is 170 Å². The molecule has 196 valence electrons. The van der Waals surface area contributed by atoms with Gasteiger partial charge in [0.15, 0.2) is 5.92 Å². The van der Waals surface area contributed by atoms with Crippen LogP contribution in [-0.4, -0.2) is 76.5 Å². The molecule has 5 N–H and O–H groups in total. The van der Waals surface area contributed by atoms with Crippen LogP contribution in [0, 0.1) is 10.8 Å². The quantitative estimate of drug-likeness (QED) is 0.256. The fraction of sp³-hybridized carbons (Fsp3) is 0.375. The van der Waals surface area contributed by atoms with Crippen molar-refractivity contribution < 1.29 is 18.7 Å². The van der Waals surface area contributed by atoms with Crippen LogP contribution >= 0.6 is 11.6 Å². The molecule has 37 heavy (non-hydrogen) atoms. The number of hydrogen-bond acceptors (Lipinski definition) is 8. The van der Waals surface area contributed by atoms with E-state index in [1.165, 1.54) is 43.7 Å². The Kier molecular flexibility index (Phi) is 9.61. The molecular formula is C24H28ClFN8O3. The second kappa shape index (κ2) is 12.9. The summed E-state index contributed by atoms with van der Waals surface area (Å²) in [5.41, 5.74) is 5.54. The second-order valence-corrected chi connectivity index (χ2v) is 8.71. The van der Waals surface area contributed by atoms with Gasteiger partial charge in [0.25, 0.3) is 0 Å². The SMILES string of the molecule is CC(F)Oc1ccc(Cl)cc1C(=N)C(C=NCC(=O)N1CCCC1)NC(=O)C(C(=N)N)c1ncccn1. The summed E-state index contributed by atoms with van der Waals surface area (Å²) in [7, 11) is 0. The molecular weight excluding hydrogens is 503 g/mol. The van der Waals surface area contributed by atoms with Crippen molar-refractivity contribution in [3.63, 3.8) is 0 Å². The number of nitrogens with two attached hydrogens (primary N) is 1. The van der Waals surface area contributed by atoms with Gasteiger partial charge in [-0.05, 0) is 37.1 Å². The standard InChI is InChI=1S/C24H28ClFN8O3/c1-14(26)37-18-6-5-15(25)11-16(18)21(27)17(12-30-13-19(35)34-9-2-3-10-34)33-24(36)20(22(28)29)23-31-7-4-8-32-23/h4-8,11-12,14,17,20,27H,2-3,9-10,13H2,1H3,(H3,28,29)(H,33,36). The number of aliphatic imine (C=N–C) groups is 1. The van der Waals surface area contributed by atoms with Gasteiger partial charge in [-0.25, -0.2) is 14.4 Å². The highest BCUT2D eigenvalue weighted by Gasteiger charge is 2.30. The molecule has 1 aliphatic heterocycles. The molecule has 0 bridgehead atoms. The Morgan fingerprint density at radius 1 is 1.30 bits per heavy atom. The van der Waals surface area contributed by atoms with E-state index in [1.54, 1.807) is 11.0 Å². The maximum atomic E-state index is 13.6. The van der Waals surface area contributed by atoms with Crippen LogP contribution in [0.5, 0.6) is 5.75 Å². The number of hydrogen-bond donors (Lipinski definition) is 4. The highest BCUT2D eigenvalue weighted by molar-refractivity contribution is 6.31. The molecule has 1 aliphatic rings. The van der Waals surface area contributed by atoms with Crippen molar-refractivity contribution >= 4 is 41.2 Å². The first-order chi connectivity index (χ1) is 17.7. The zero-order chi connectivity index (χ0) is 26.9. The van der Waals surface area contributed by atoms with Gasteiger partial charge in [0.1, 0.15) is 30.0 Å². The Morgan fingerprint density at radius 3 is 2.59 bits per heavy atom. The van der Waals surface area contributed by atoms with Gasteiger partial charge in [-0.1, -0.05) is 11.6 Å². The number of carbonyl (C=O) groups is 2. The smallest absolute Gasteiger partial charge is 0.244 e. The minimum Gasteiger partial charge on any atom is -0.460 e. The van der Waals surface area contributed by atoms with E-state index in [9.17, 15) is 14.0 Å². The van der Waals surface area contributed by atoms with Crippen LogP contribution in [0.3, 0.4) is 0 Å². The molecule has 11 nitrogen and oxygen atoms in total. The Labute approximate surface area is 218 Å². The molecule has 13 heteroatoms. The van der Waals surface area contributed by atoms with Crippen LogP contribution in [0.25, 0.3) is 0 Å². The number of ether oxygens (including phenoxy) is 1. The van der Waals surface area contributed by atoms with Crippen molar-refractivity contribution in [2.45, 2.75) is 38.1 Å². The molecule has 2 amide bonds. The second-order valence-electron chi connectivity index (χ2n) is 8.27. The molecule has 0 saturated carbocycles. The number of amides is 2. The first-order valence-corrected chi connectivity index (χ1v) is 11.9. The van der Waals surface area contributed by atoms with Crippen LogP contribution in [0.1, 0.15) is 37.1 Å². The molecule has 1 aromatic heterocycles. The predicted octanol–water partition coefficient (Wildman–Crippen LogP) is 2.09. The summed E-state index contributed by atoms with van der Waals surface area (Å²) >= 11 is 6.12. The maximum absolute atomic E-state index is 13.6. The van der Waals surface area contributed by atoms with Crippen LogP contribution in [0.4, 0.5) is 4.39 Å². The lowest BCUT2D eigenvalue weighted by Crippen LogP contribution is -2.47. The lowest BCUT2D eigenvalue weighted by molar-refractivity contribution is -0.128. The largest absolute Gasteiger partial charge is 0.460 e. The normalized spacial score (nSPS) is 15.7. The number of carbonyl (C=O) groups excluding carboxylic acids is 2. The molecule has 3 atom stereocenters. The van der Waals surface area contributed by atoms with Gasteiger partial charge < -0.3 is 26.1 Å². The number of amidine groups is 1.